The molecule has 0 radical (unpaired) electrons. The fraction of sp³-hybridized carbons (Fsp3) is 0.263. The number of carbonyl (C=O) groups is 1. The lowest BCUT2D eigenvalue weighted by molar-refractivity contribution is -0.172. The van der Waals surface area contributed by atoms with Crippen molar-refractivity contribution in [2.75, 3.05) is 19.1 Å². The Balaban J connectivity index is 1.84. The first-order chi connectivity index (χ1) is 13.2. The topological polar surface area (TPSA) is 105 Å². The molecule has 0 spiro atoms. The van der Waals surface area contributed by atoms with E-state index in [2.05, 4.69) is 20.8 Å². The van der Waals surface area contributed by atoms with Crippen LogP contribution in [0.4, 0.5) is 11.4 Å². The highest BCUT2D eigenvalue weighted by atomic mass is 16.7. The Bertz CT molecular complexity index is 811. The first kappa shape index (κ1) is 18.8. The van der Waals surface area contributed by atoms with E-state index in [1.807, 2.05) is 36.4 Å². The Labute approximate surface area is 156 Å². The van der Waals surface area contributed by atoms with Crippen LogP contribution in [0.15, 0.2) is 76.0 Å². The number of nitrogens with one attached hydrogen (secondary N) is 1. The number of aliphatic hydroxyl groups is 1. The normalized spacial score (nSPS) is 24.4. The zero-order valence-corrected chi connectivity index (χ0v) is 14.7. The summed E-state index contributed by atoms with van der Waals surface area (Å²) in [6.45, 7) is -0.413. The monoisotopic (exact) mass is 368 g/mol. The van der Waals surface area contributed by atoms with Crippen molar-refractivity contribution in [1.82, 2.24) is 0 Å². The lowest BCUT2D eigenvalue weighted by atomic mass is 10.0. The minimum atomic E-state index is -1.02. The van der Waals surface area contributed by atoms with Gasteiger partial charge in [0.05, 0.1) is 18.0 Å². The number of ketones is 1. The van der Waals surface area contributed by atoms with Gasteiger partial charge in [-0.05, 0) is 24.3 Å². The number of hydrazone groups is 1. The third-order valence-electron chi connectivity index (χ3n) is 3.91. The lowest BCUT2D eigenvalue weighted by Gasteiger charge is -2.31. The van der Waals surface area contributed by atoms with Gasteiger partial charge in [-0.25, -0.2) is 0 Å². The molecule has 0 unspecified atom stereocenters. The molecular formula is C19H20N4O4. The van der Waals surface area contributed by atoms with Gasteiger partial charge in [0.15, 0.2) is 12.3 Å². The molecule has 0 amide bonds. The molecule has 1 heterocycles. The minimum absolute atomic E-state index is 0.0339. The lowest BCUT2D eigenvalue weighted by Crippen LogP contribution is -2.53. The zero-order chi connectivity index (χ0) is 19.1. The number of methoxy groups -OCH3 is 1. The van der Waals surface area contributed by atoms with Crippen molar-refractivity contribution in [2.45, 2.75) is 18.4 Å². The molecule has 2 N–H and O–H groups in total. The second-order valence-electron chi connectivity index (χ2n) is 5.75. The largest absolute Gasteiger partial charge is 0.393 e. The zero-order valence-electron chi connectivity index (χ0n) is 14.7. The quantitative estimate of drug-likeness (QED) is 0.602. The number of para-hydroxylation sites is 1. The Hall–Kier alpha value is -2.94. The molecule has 0 aliphatic carbocycles. The maximum Gasteiger partial charge on any atom is 0.213 e. The fourth-order valence-corrected chi connectivity index (χ4v) is 2.54. The molecule has 0 bridgehead atoms. The van der Waals surface area contributed by atoms with E-state index in [1.54, 1.807) is 24.3 Å². The van der Waals surface area contributed by atoms with Crippen LogP contribution in [0.3, 0.4) is 0 Å². The number of hydrogen-bond donors (Lipinski definition) is 2. The number of benzene rings is 2. The average molecular weight is 368 g/mol. The molecule has 140 valence electrons. The number of azo groups is 1. The van der Waals surface area contributed by atoms with Crippen LogP contribution < -0.4 is 5.43 Å². The summed E-state index contributed by atoms with van der Waals surface area (Å²) in [6.07, 6.45) is -1.88. The molecule has 1 fully saturated rings. The number of hydrogen-bond acceptors (Lipinski definition) is 8. The average Bonchev–Trinajstić information content (AvgIpc) is 2.73. The third kappa shape index (κ3) is 4.62. The minimum Gasteiger partial charge on any atom is -0.393 e. The van der Waals surface area contributed by atoms with E-state index in [0.717, 1.165) is 0 Å². The summed E-state index contributed by atoms with van der Waals surface area (Å²) in [5, 5.41) is 21.9. The smallest absolute Gasteiger partial charge is 0.213 e. The molecule has 2 aromatic rings. The van der Waals surface area contributed by atoms with Crippen LogP contribution >= 0.6 is 0 Å². The summed E-state index contributed by atoms with van der Waals surface area (Å²) in [5.74, 6) is -0.421. The van der Waals surface area contributed by atoms with Gasteiger partial charge in [0.25, 0.3) is 0 Å². The van der Waals surface area contributed by atoms with Crippen molar-refractivity contribution >= 4 is 22.9 Å². The number of nitrogens with zero attached hydrogens (tertiary/aromatic N) is 3. The van der Waals surface area contributed by atoms with Gasteiger partial charge < -0.3 is 14.6 Å². The maximum atomic E-state index is 12.9. The molecule has 1 saturated heterocycles. The summed E-state index contributed by atoms with van der Waals surface area (Å²) in [7, 11) is 1.40. The molecular weight excluding hydrogens is 348 g/mol. The van der Waals surface area contributed by atoms with Crippen LogP contribution in [0.25, 0.3) is 0 Å². The van der Waals surface area contributed by atoms with Crippen LogP contribution in [-0.4, -0.2) is 48.8 Å². The Kier molecular flexibility index (Phi) is 6.37. The number of aliphatic hydroxyl groups excluding tert-OH is 1. The highest BCUT2D eigenvalue weighted by Gasteiger charge is 2.43. The third-order valence-corrected chi connectivity index (χ3v) is 3.91. The van der Waals surface area contributed by atoms with E-state index < -0.39 is 30.8 Å². The fourth-order valence-electron chi connectivity index (χ4n) is 2.54. The van der Waals surface area contributed by atoms with E-state index in [4.69, 9.17) is 9.47 Å². The van der Waals surface area contributed by atoms with Crippen molar-refractivity contribution in [1.29, 1.82) is 0 Å². The molecule has 1 aliphatic rings. The first-order valence-electron chi connectivity index (χ1n) is 8.41. The number of rotatable bonds is 6. The van der Waals surface area contributed by atoms with Crippen molar-refractivity contribution in [3.8, 4) is 0 Å². The van der Waals surface area contributed by atoms with Crippen LogP contribution in [0.2, 0.25) is 0 Å². The molecule has 2 aromatic carbocycles. The number of Topliss-reactive ketones (excluding diaryl/α,β-unsaturated/α-hetero) is 1. The van der Waals surface area contributed by atoms with Gasteiger partial charge in [0.1, 0.15) is 11.8 Å². The van der Waals surface area contributed by atoms with E-state index in [9.17, 15) is 9.90 Å². The number of anilines is 1. The summed E-state index contributed by atoms with van der Waals surface area (Å²) in [4.78, 5) is 12.9. The van der Waals surface area contributed by atoms with Gasteiger partial charge in [0, 0.05) is 7.11 Å². The maximum absolute atomic E-state index is 12.9. The van der Waals surface area contributed by atoms with Crippen LogP contribution in [-0.2, 0) is 14.3 Å². The van der Waals surface area contributed by atoms with Gasteiger partial charge in [-0.1, -0.05) is 36.4 Å². The summed E-state index contributed by atoms with van der Waals surface area (Å²) in [6, 6.07) is 17.2. The molecule has 27 heavy (non-hydrogen) atoms. The van der Waals surface area contributed by atoms with Gasteiger partial charge in [-0.3, -0.25) is 10.2 Å². The number of carbonyl (C=O) groups excluding carboxylic acids is 1. The predicted octanol–water partition coefficient (Wildman–Crippen LogP) is 2.54. The van der Waals surface area contributed by atoms with Crippen LogP contribution in [0.1, 0.15) is 0 Å². The van der Waals surface area contributed by atoms with Gasteiger partial charge >= 0.3 is 0 Å². The standard InChI is InChI=1S/C19H20N4O4/c1-26-19-17(23-21-14-10-6-3-7-11-14)18(25)16(15(12-24)27-19)22-20-13-8-4-2-5-9-13/h2-11,15,17,19-20,24H,12H2,1H3/t15-,17+,19+/m1/s1. The Morgan fingerprint density at radius 3 is 2.41 bits per heavy atom. The van der Waals surface area contributed by atoms with Crippen molar-refractivity contribution in [3.63, 3.8) is 0 Å². The van der Waals surface area contributed by atoms with E-state index >= 15 is 0 Å². The Morgan fingerprint density at radius 1 is 1.11 bits per heavy atom. The second-order valence-corrected chi connectivity index (χ2v) is 5.75. The van der Waals surface area contributed by atoms with Crippen LogP contribution in [0.5, 0.6) is 0 Å². The summed E-state index contributed by atoms with van der Waals surface area (Å²) >= 11 is 0. The molecule has 0 saturated carbocycles. The van der Waals surface area contributed by atoms with E-state index in [0.29, 0.717) is 11.4 Å². The van der Waals surface area contributed by atoms with Gasteiger partial charge in [-0.2, -0.15) is 15.3 Å². The first-order valence-corrected chi connectivity index (χ1v) is 8.41. The Morgan fingerprint density at radius 2 is 1.78 bits per heavy atom. The van der Waals surface area contributed by atoms with Crippen molar-refractivity contribution < 1.29 is 19.4 Å². The second kappa shape index (κ2) is 9.13. The molecule has 3 rings (SSSR count). The van der Waals surface area contributed by atoms with E-state index in [1.165, 1.54) is 7.11 Å². The SMILES string of the molecule is CO[C@H]1O[C@H](CO)C(=NNc2ccccc2)C(=O)[C@@H]1N=Nc1ccccc1. The van der Waals surface area contributed by atoms with Crippen LogP contribution in [0, 0.1) is 0 Å². The highest BCUT2D eigenvalue weighted by molar-refractivity contribution is 6.44. The molecule has 8 heteroatoms. The summed E-state index contributed by atoms with van der Waals surface area (Å²) < 4.78 is 10.9. The highest BCUT2D eigenvalue weighted by Crippen LogP contribution is 2.21. The molecule has 0 aromatic heterocycles. The predicted molar refractivity (Wildman–Crippen MR) is 100 cm³/mol. The van der Waals surface area contributed by atoms with Gasteiger partial charge in [0.2, 0.25) is 5.78 Å². The molecule has 3 atom stereocenters. The van der Waals surface area contributed by atoms with Crippen molar-refractivity contribution in [3.05, 3.63) is 60.7 Å². The number of ether oxygens (including phenoxy) is 2. The van der Waals surface area contributed by atoms with Gasteiger partial charge in [-0.15, -0.1) is 0 Å². The molecule has 1 aliphatic heterocycles. The molecule has 8 nitrogen and oxygen atoms in total. The summed E-state index contributed by atoms with van der Waals surface area (Å²) in [5.41, 5.74) is 4.14. The van der Waals surface area contributed by atoms with E-state index in [-0.39, 0.29) is 5.71 Å². The van der Waals surface area contributed by atoms with Crippen molar-refractivity contribution in [2.24, 2.45) is 15.3 Å².